The number of amides is 1. The second kappa shape index (κ2) is 7.36. The molecule has 0 saturated heterocycles. The van der Waals surface area contributed by atoms with Crippen LogP contribution in [-0.4, -0.2) is 25.2 Å². The number of aryl methyl sites for hydroxylation is 1. The van der Waals surface area contributed by atoms with Crippen LogP contribution < -0.4 is 15.6 Å². The first kappa shape index (κ1) is 17.5. The molecule has 0 atom stereocenters. The Bertz CT molecular complexity index is 1200. The first-order chi connectivity index (χ1) is 13.6. The lowest BCUT2D eigenvalue weighted by molar-refractivity contribution is -0.116. The van der Waals surface area contributed by atoms with E-state index < -0.39 is 0 Å². The number of aromatic nitrogens is 4. The van der Waals surface area contributed by atoms with E-state index in [0.717, 1.165) is 0 Å². The summed E-state index contributed by atoms with van der Waals surface area (Å²) in [6.07, 6.45) is 2.79. The molecule has 8 nitrogen and oxygen atoms in total. The normalized spacial score (nSPS) is 10.8. The Kier molecular flexibility index (Phi) is 4.59. The lowest BCUT2D eigenvalue weighted by atomic mass is 10.3. The van der Waals surface area contributed by atoms with Gasteiger partial charge in [0.25, 0.3) is 5.56 Å². The van der Waals surface area contributed by atoms with Gasteiger partial charge in [-0.2, -0.15) is 5.10 Å². The summed E-state index contributed by atoms with van der Waals surface area (Å²) in [7, 11) is 1.70. The fourth-order valence-electron chi connectivity index (χ4n) is 2.80. The highest BCUT2D eigenvalue weighted by atomic mass is 16.5. The smallest absolute Gasteiger partial charge is 0.264 e. The first-order valence-electron chi connectivity index (χ1n) is 8.61. The summed E-state index contributed by atoms with van der Waals surface area (Å²) in [4.78, 5) is 29.2. The summed E-state index contributed by atoms with van der Waals surface area (Å²) in [6, 6.07) is 16.4. The lowest BCUT2D eigenvalue weighted by Gasteiger charge is -2.12. The minimum Gasteiger partial charge on any atom is -0.455 e. The van der Waals surface area contributed by atoms with E-state index in [9.17, 15) is 9.59 Å². The Morgan fingerprint density at radius 3 is 2.68 bits per heavy atom. The standard InChI is InChI=1S/C20H17N5O3/c1-24-19-15(11-22-24)20(27)25(13-21-19)12-18(26)23-16-9-5-6-10-17(16)28-14-7-3-2-4-8-14/h2-11,13H,12H2,1H3,(H,23,26). The number of rotatable bonds is 5. The fraction of sp³-hybridized carbons (Fsp3) is 0.100. The molecule has 0 fully saturated rings. The van der Waals surface area contributed by atoms with Gasteiger partial charge in [-0.05, 0) is 24.3 Å². The molecule has 0 spiro atoms. The van der Waals surface area contributed by atoms with Gasteiger partial charge in [0.05, 0.1) is 11.9 Å². The van der Waals surface area contributed by atoms with Crippen molar-refractivity contribution < 1.29 is 9.53 Å². The predicted molar refractivity (Wildman–Crippen MR) is 104 cm³/mol. The molecular formula is C20H17N5O3. The van der Waals surface area contributed by atoms with Crippen LogP contribution in [0.2, 0.25) is 0 Å². The van der Waals surface area contributed by atoms with Crippen LogP contribution in [0.5, 0.6) is 11.5 Å². The molecule has 0 aliphatic heterocycles. The van der Waals surface area contributed by atoms with Gasteiger partial charge in [-0.1, -0.05) is 30.3 Å². The summed E-state index contributed by atoms with van der Waals surface area (Å²) in [5, 5.41) is 7.17. The van der Waals surface area contributed by atoms with Gasteiger partial charge in [-0.3, -0.25) is 18.8 Å². The van der Waals surface area contributed by atoms with Crippen molar-refractivity contribution in [2.45, 2.75) is 6.54 Å². The van der Waals surface area contributed by atoms with E-state index in [1.807, 2.05) is 36.4 Å². The molecule has 0 bridgehead atoms. The highest BCUT2D eigenvalue weighted by Gasteiger charge is 2.13. The number of carbonyl (C=O) groups is 1. The monoisotopic (exact) mass is 375 g/mol. The first-order valence-corrected chi connectivity index (χ1v) is 8.61. The molecule has 8 heteroatoms. The molecule has 2 aromatic heterocycles. The molecule has 4 rings (SSSR count). The quantitative estimate of drug-likeness (QED) is 0.579. The van der Waals surface area contributed by atoms with Gasteiger partial charge in [-0.15, -0.1) is 0 Å². The van der Waals surface area contributed by atoms with Crippen LogP contribution >= 0.6 is 0 Å². The summed E-state index contributed by atoms with van der Waals surface area (Å²) in [6.45, 7) is -0.170. The molecular weight excluding hydrogens is 358 g/mol. The third-order valence-corrected chi connectivity index (χ3v) is 4.16. The molecule has 0 unspecified atom stereocenters. The van der Waals surface area contributed by atoms with E-state index in [0.29, 0.717) is 28.2 Å². The van der Waals surface area contributed by atoms with Crippen LogP contribution in [0, 0.1) is 0 Å². The number of fused-ring (bicyclic) bond motifs is 1. The number of nitrogens with one attached hydrogen (secondary N) is 1. The van der Waals surface area contributed by atoms with Gasteiger partial charge in [0.15, 0.2) is 11.4 Å². The van der Waals surface area contributed by atoms with Crippen molar-refractivity contribution in [3.8, 4) is 11.5 Å². The van der Waals surface area contributed by atoms with Gasteiger partial charge in [0.1, 0.15) is 24.0 Å². The van der Waals surface area contributed by atoms with Gasteiger partial charge in [0.2, 0.25) is 5.91 Å². The van der Waals surface area contributed by atoms with Crippen molar-refractivity contribution in [2.24, 2.45) is 7.05 Å². The van der Waals surface area contributed by atoms with E-state index >= 15 is 0 Å². The Labute approximate surface area is 160 Å². The minimum atomic E-state index is -0.365. The van der Waals surface area contributed by atoms with E-state index in [1.165, 1.54) is 21.8 Å². The second-order valence-electron chi connectivity index (χ2n) is 6.14. The van der Waals surface area contributed by atoms with Crippen LogP contribution in [0.15, 0.2) is 71.9 Å². The van der Waals surface area contributed by atoms with Gasteiger partial charge in [0, 0.05) is 7.05 Å². The minimum absolute atomic E-state index is 0.170. The van der Waals surface area contributed by atoms with Crippen molar-refractivity contribution in [3.63, 3.8) is 0 Å². The van der Waals surface area contributed by atoms with Crippen LogP contribution in [0.1, 0.15) is 0 Å². The molecule has 0 aliphatic carbocycles. The third kappa shape index (κ3) is 3.48. The number of para-hydroxylation sites is 3. The predicted octanol–water partition coefficient (Wildman–Crippen LogP) is 2.56. The van der Waals surface area contributed by atoms with Crippen LogP contribution in [0.4, 0.5) is 5.69 Å². The number of hydrogen-bond acceptors (Lipinski definition) is 5. The average molecular weight is 375 g/mol. The molecule has 2 aromatic carbocycles. The van der Waals surface area contributed by atoms with Crippen molar-refractivity contribution >= 4 is 22.6 Å². The SMILES string of the molecule is Cn1ncc2c(=O)n(CC(=O)Nc3ccccc3Oc3ccccc3)cnc21. The summed E-state index contributed by atoms with van der Waals surface area (Å²) < 4.78 is 8.60. The summed E-state index contributed by atoms with van der Waals surface area (Å²) >= 11 is 0. The zero-order valence-electron chi connectivity index (χ0n) is 15.1. The third-order valence-electron chi connectivity index (χ3n) is 4.16. The van der Waals surface area contributed by atoms with Gasteiger partial charge < -0.3 is 10.1 Å². The molecule has 0 saturated carbocycles. The molecule has 1 amide bonds. The zero-order valence-corrected chi connectivity index (χ0v) is 15.1. The number of ether oxygens (including phenoxy) is 1. The molecule has 0 aliphatic rings. The fourth-order valence-corrected chi connectivity index (χ4v) is 2.80. The Morgan fingerprint density at radius 2 is 1.86 bits per heavy atom. The lowest BCUT2D eigenvalue weighted by Crippen LogP contribution is -2.27. The molecule has 0 radical (unpaired) electrons. The van der Waals surface area contributed by atoms with Crippen molar-refractivity contribution in [1.29, 1.82) is 0 Å². The molecule has 28 heavy (non-hydrogen) atoms. The maximum atomic E-state index is 12.5. The maximum absolute atomic E-state index is 12.5. The van der Waals surface area contributed by atoms with Crippen molar-refractivity contribution in [3.05, 3.63) is 77.5 Å². The van der Waals surface area contributed by atoms with Crippen LogP contribution in [0.3, 0.4) is 0 Å². The largest absolute Gasteiger partial charge is 0.455 e. The number of carbonyl (C=O) groups excluding carboxylic acids is 1. The topological polar surface area (TPSA) is 91.0 Å². The van der Waals surface area contributed by atoms with E-state index in [-0.39, 0.29) is 18.0 Å². The number of hydrogen-bond donors (Lipinski definition) is 1. The number of benzene rings is 2. The molecule has 1 N–H and O–H groups in total. The average Bonchev–Trinajstić information content (AvgIpc) is 3.08. The van der Waals surface area contributed by atoms with Gasteiger partial charge >= 0.3 is 0 Å². The van der Waals surface area contributed by atoms with Gasteiger partial charge in [-0.25, -0.2) is 4.98 Å². The summed E-state index contributed by atoms with van der Waals surface area (Å²) in [5.74, 6) is 0.804. The van der Waals surface area contributed by atoms with E-state index in [2.05, 4.69) is 15.4 Å². The van der Waals surface area contributed by atoms with Crippen LogP contribution in [0.25, 0.3) is 11.0 Å². The van der Waals surface area contributed by atoms with E-state index in [1.54, 1.807) is 25.2 Å². The molecule has 4 aromatic rings. The Hall–Kier alpha value is -3.94. The Balaban J connectivity index is 1.53. The van der Waals surface area contributed by atoms with Crippen molar-refractivity contribution in [2.75, 3.05) is 5.32 Å². The summed E-state index contributed by atoms with van der Waals surface area (Å²) in [5.41, 5.74) is 0.671. The van der Waals surface area contributed by atoms with Crippen LogP contribution in [-0.2, 0) is 18.4 Å². The molecule has 140 valence electrons. The molecule has 2 heterocycles. The zero-order chi connectivity index (χ0) is 19.5. The number of anilines is 1. The number of nitrogens with zero attached hydrogens (tertiary/aromatic N) is 4. The van der Waals surface area contributed by atoms with E-state index in [4.69, 9.17) is 4.74 Å². The maximum Gasteiger partial charge on any atom is 0.264 e. The highest BCUT2D eigenvalue weighted by Crippen LogP contribution is 2.29. The highest BCUT2D eigenvalue weighted by molar-refractivity contribution is 5.92. The second-order valence-corrected chi connectivity index (χ2v) is 6.14. The van der Waals surface area contributed by atoms with Crippen molar-refractivity contribution in [1.82, 2.24) is 19.3 Å². The Morgan fingerprint density at radius 1 is 1.11 bits per heavy atom.